The topological polar surface area (TPSA) is 94.9 Å². The Labute approximate surface area is 94.2 Å². The number of carbonyl (C=O) groups is 3. The zero-order chi connectivity index (χ0) is 11.6. The van der Waals surface area contributed by atoms with Crippen LogP contribution in [0.3, 0.4) is 0 Å². The van der Waals surface area contributed by atoms with E-state index in [0.717, 1.165) is 16.7 Å². The first-order valence-corrected chi connectivity index (χ1v) is 5.26. The van der Waals surface area contributed by atoms with Crippen molar-refractivity contribution in [1.29, 1.82) is 0 Å². The van der Waals surface area contributed by atoms with Crippen molar-refractivity contribution < 1.29 is 24.6 Å². The van der Waals surface area contributed by atoms with Gasteiger partial charge in [0.2, 0.25) is 5.91 Å². The minimum Gasteiger partial charge on any atom is -0.481 e. The predicted octanol–water partition coefficient (Wildman–Crippen LogP) is -0.225. The summed E-state index contributed by atoms with van der Waals surface area (Å²) >= 11 is 5.82. The summed E-state index contributed by atoms with van der Waals surface area (Å²) in [4.78, 5) is 33.4. The molecule has 0 radical (unpaired) electrons. The maximum absolute atomic E-state index is 11.3. The van der Waals surface area contributed by atoms with E-state index in [9.17, 15) is 14.4 Å². The van der Waals surface area contributed by atoms with E-state index < -0.39 is 30.3 Å². The molecule has 1 heterocycles. The Kier molecular flexibility index (Phi) is 3.64. The molecular formula is C7H7NO5S2. The molecule has 1 amide bonds. The maximum Gasteiger partial charge on any atom is 0.327 e. The van der Waals surface area contributed by atoms with Crippen molar-refractivity contribution in [3.63, 3.8) is 0 Å². The highest BCUT2D eigenvalue weighted by Gasteiger charge is 2.38. The Morgan fingerprint density at radius 3 is 2.47 bits per heavy atom. The van der Waals surface area contributed by atoms with Crippen LogP contribution in [0.15, 0.2) is 0 Å². The number of carbonyl (C=O) groups excluding carboxylic acids is 1. The molecule has 1 aliphatic heterocycles. The number of thiocarbonyl (C=S) groups is 1. The summed E-state index contributed by atoms with van der Waals surface area (Å²) in [5.74, 6) is -3.04. The van der Waals surface area contributed by atoms with Crippen LogP contribution in [0.2, 0.25) is 0 Å². The number of thioether (sulfide) groups is 1. The van der Waals surface area contributed by atoms with Gasteiger partial charge in [-0.2, -0.15) is 0 Å². The van der Waals surface area contributed by atoms with E-state index in [0.29, 0.717) is 0 Å². The maximum atomic E-state index is 11.3. The normalized spacial score (nSPS) is 18.0. The average molecular weight is 249 g/mol. The Bertz CT molecular complexity index is 326. The molecule has 1 aliphatic rings. The molecule has 1 rings (SSSR count). The molecule has 82 valence electrons. The summed E-state index contributed by atoms with van der Waals surface area (Å²) in [5.41, 5.74) is 0. The number of carboxylic acid groups (broad SMARTS) is 2. The number of carboxylic acids is 2. The molecule has 8 heteroatoms. The molecule has 0 aliphatic carbocycles. The van der Waals surface area contributed by atoms with Crippen molar-refractivity contribution in [3.8, 4) is 0 Å². The standard InChI is InChI=1S/C7H7NO5S2/c9-4-2-15-7(14)8(4)3(6(12)13)1-5(10)11/h3H,1-2H2,(H,10,11)(H,12,13)/t3-/m0/s1. The van der Waals surface area contributed by atoms with Gasteiger partial charge in [0.25, 0.3) is 0 Å². The summed E-state index contributed by atoms with van der Waals surface area (Å²) in [7, 11) is 0. The van der Waals surface area contributed by atoms with E-state index in [1.54, 1.807) is 0 Å². The number of nitrogens with zero attached hydrogens (tertiary/aromatic N) is 1. The largest absolute Gasteiger partial charge is 0.481 e. The Morgan fingerprint density at radius 1 is 1.53 bits per heavy atom. The number of hydrogen-bond donors (Lipinski definition) is 2. The Morgan fingerprint density at radius 2 is 2.13 bits per heavy atom. The molecular weight excluding hydrogens is 242 g/mol. The minimum atomic E-state index is -1.41. The van der Waals surface area contributed by atoms with Gasteiger partial charge >= 0.3 is 11.9 Å². The number of hydrogen-bond acceptors (Lipinski definition) is 5. The SMILES string of the molecule is O=C(O)C[C@@H](C(=O)O)N1C(=O)CSC1=S. The van der Waals surface area contributed by atoms with Crippen LogP contribution in [-0.2, 0) is 14.4 Å². The molecule has 1 saturated heterocycles. The smallest absolute Gasteiger partial charge is 0.327 e. The van der Waals surface area contributed by atoms with Crippen molar-refractivity contribution in [1.82, 2.24) is 4.90 Å². The van der Waals surface area contributed by atoms with Crippen molar-refractivity contribution in [2.45, 2.75) is 12.5 Å². The molecule has 1 atom stereocenters. The van der Waals surface area contributed by atoms with Crippen molar-refractivity contribution in [2.24, 2.45) is 0 Å². The fourth-order valence-electron chi connectivity index (χ4n) is 1.12. The van der Waals surface area contributed by atoms with E-state index in [1.807, 2.05) is 0 Å². The van der Waals surface area contributed by atoms with E-state index in [1.165, 1.54) is 0 Å². The third kappa shape index (κ3) is 2.66. The second-order valence-corrected chi connectivity index (χ2v) is 4.38. The quantitative estimate of drug-likeness (QED) is 0.665. The fourth-order valence-corrected chi connectivity index (χ4v) is 2.28. The lowest BCUT2D eigenvalue weighted by molar-refractivity contribution is -0.150. The zero-order valence-corrected chi connectivity index (χ0v) is 9.01. The van der Waals surface area contributed by atoms with Crippen LogP contribution >= 0.6 is 24.0 Å². The van der Waals surface area contributed by atoms with E-state index in [4.69, 9.17) is 22.4 Å². The van der Waals surface area contributed by atoms with Crippen LogP contribution in [0.4, 0.5) is 0 Å². The van der Waals surface area contributed by atoms with Crippen LogP contribution in [0.1, 0.15) is 6.42 Å². The lowest BCUT2D eigenvalue weighted by Gasteiger charge is -2.21. The molecule has 1 fully saturated rings. The van der Waals surface area contributed by atoms with Crippen LogP contribution in [-0.4, -0.2) is 49.1 Å². The Hall–Kier alpha value is -1.15. The molecule has 0 saturated carbocycles. The van der Waals surface area contributed by atoms with E-state index in [2.05, 4.69) is 0 Å². The first-order valence-electron chi connectivity index (χ1n) is 3.87. The number of rotatable bonds is 4. The lowest BCUT2D eigenvalue weighted by Crippen LogP contribution is -2.45. The summed E-state index contributed by atoms with van der Waals surface area (Å²) in [5, 5.41) is 17.3. The predicted molar refractivity (Wildman–Crippen MR) is 55.6 cm³/mol. The van der Waals surface area contributed by atoms with E-state index >= 15 is 0 Å². The number of aliphatic carboxylic acids is 2. The highest BCUT2D eigenvalue weighted by molar-refractivity contribution is 8.23. The first-order chi connectivity index (χ1) is 6.93. The second-order valence-electron chi connectivity index (χ2n) is 2.77. The molecule has 2 N–H and O–H groups in total. The van der Waals surface area contributed by atoms with Crippen LogP contribution in [0.25, 0.3) is 0 Å². The highest BCUT2D eigenvalue weighted by Crippen LogP contribution is 2.23. The van der Waals surface area contributed by atoms with Gasteiger partial charge in [-0.25, -0.2) is 4.79 Å². The Balaban J connectivity index is 2.88. The average Bonchev–Trinajstić information content (AvgIpc) is 2.42. The third-order valence-corrected chi connectivity index (χ3v) is 3.13. The minimum absolute atomic E-state index is 0.0717. The molecule has 15 heavy (non-hydrogen) atoms. The van der Waals surface area contributed by atoms with Gasteiger partial charge in [0, 0.05) is 0 Å². The van der Waals surface area contributed by atoms with Crippen LogP contribution in [0.5, 0.6) is 0 Å². The van der Waals surface area contributed by atoms with Gasteiger partial charge in [0.1, 0.15) is 10.4 Å². The molecule has 0 spiro atoms. The summed E-state index contributed by atoms with van der Waals surface area (Å²) in [6, 6.07) is -1.41. The number of amides is 1. The van der Waals surface area contributed by atoms with Gasteiger partial charge in [-0.1, -0.05) is 24.0 Å². The van der Waals surface area contributed by atoms with Crippen LogP contribution < -0.4 is 0 Å². The van der Waals surface area contributed by atoms with Gasteiger partial charge in [-0.15, -0.1) is 0 Å². The summed E-state index contributed by atoms with van der Waals surface area (Å²) in [6.07, 6.45) is -0.651. The second kappa shape index (κ2) is 4.58. The van der Waals surface area contributed by atoms with Gasteiger partial charge in [0.05, 0.1) is 12.2 Å². The van der Waals surface area contributed by atoms with Crippen molar-refractivity contribution >= 4 is 46.1 Å². The third-order valence-electron chi connectivity index (χ3n) is 1.75. The first kappa shape index (κ1) is 11.9. The molecule has 0 unspecified atom stereocenters. The summed E-state index contributed by atoms with van der Waals surface area (Å²) < 4.78 is 0.119. The van der Waals surface area contributed by atoms with E-state index in [-0.39, 0.29) is 10.1 Å². The fraction of sp³-hybridized carbons (Fsp3) is 0.429. The van der Waals surface area contributed by atoms with Gasteiger partial charge < -0.3 is 10.2 Å². The van der Waals surface area contributed by atoms with Crippen LogP contribution in [0, 0.1) is 0 Å². The summed E-state index contributed by atoms with van der Waals surface area (Å²) in [6.45, 7) is 0. The molecule has 6 nitrogen and oxygen atoms in total. The van der Waals surface area contributed by atoms with Crippen molar-refractivity contribution in [2.75, 3.05) is 5.75 Å². The monoisotopic (exact) mass is 249 g/mol. The lowest BCUT2D eigenvalue weighted by atomic mass is 10.2. The molecule has 0 aromatic rings. The van der Waals surface area contributed by atoms with Gasteiger partial charge in [0.15, 0.2) is 0 Å². The molecule has 0 aromatic heterocycles. The van der Waals surface area contributed by atoms with Gasteiger partial charge in [-0.3, -0.25) is 14.5 Å². The zero-order valence-electron chi connectivity index (χ0n) is 7.37. The molecule has 0 bridgehead atoms. The highest BCUT2D eigenvalue weighted by atomic mass is 32.2. The molecule has 0 aromatic carbocycles. The van der Waals surface area contributed by atoms with Gasteiger partial charge in [-0.05, 0) is 0 Å². The van der Waals surface area contributed by atoms with Crippen molar-refractivity contribution in [3.05, 3.63) is 0 Å².